The Morgan fingerprint density at radius 2 is 2.03 bits per heavy atom. The normalized spacial score (nSPS) is 17.1. The molecule has 186 valence electrons. The van der Waals surface area contributed by atoms with Gasteiger partial charge in [0.25, 0.3) is 0 Å². The van der Waals surface area contributed by atoms with E-state index in [0.29, 0.717) is 24.4 Å². The van der Waals surface area contributed by atoms with Crippen molar-refractivity contribution in [2.45, 2.75) is 51.9 Å². The lowest BCUT2D eigenvalue weighted by molar-refractivity contribution is -0.127. The molecule has 0 aliphatic carbocycles. The molecule has 1 aromatic heterocycles. The maximum atomic E-state index is 12.0. The van der Waals surface area contributed by atoms with Crippen LogP contribution < -0.4 is 10.2 Å². The van der Waals surface area contributed by atoms with E-state index in [1.807, 2.05) is 11.8 Å². The van der Waals surface area contributed by atoms with Gasteiger partial charge in [-0.15, -0.1) is 0 Å². The van der Waals surface area contributed by atoms with E-state index in [4.69, 9.17) is 4.74 Å². The number of carbonyl (C=O) groups excluding carboxylic acids is 2. The van der Waals surface area contributed by atoms with Crippen molar-refractivity contribution in [1.82, 2.24) is 19.8 Å². The van der Waals surface area contributed by atoms with Crippen LogP contribution in [0.5, 0.6) is 0 Å². The predicted octanol–water partition coefficient (Wildman–Crippen LogP) is 3.74. The van der Waals surface area contributed by atoms with Crippen molar-refractivity contribution >= 4 is 23.8 Å². The number of piperidine rings is 1. The van der Waals surface area contributed by atoms with Crippen molar-refractivity contribution < 1.29 is 14.3 Å². The van der Waals surface area contributed by atoms with Gasteiger partial charge >= 0.3 is 6.09 Å². The third kappa shape index (κ3) is 5.62. The van der Waals surface area contributed by atoms with Gasteiger partial charge in [-0.25, -0.2) is 9.78 Å². The molecule has 1 saturated heterocycles. The molecule has 9 heteroatoms. The minimum absolute atomic E-state index is 0.00262. The zero-order valence-corrected chi connectivity index (χ0v) is 20.7. The number of rotatable bonds is 8. The number of hydrogen-bond donors (Lipinski definition) is 1. The molecule has 1 atom stereocenters. The first-order chi connectivity index (χ1) is 16.9. The van der Waals surface area contributed by atoms with Crippen molar-refractivity contribution in [1.29, 1.82) is 0 Å². The average molecular weight is 479 g/mol. The number of fused-ring (bicyclic) bond motifs is 1. The van der Waals surface area contributed by atoms with E-state index in [1.54, 1.807) is 6.20 Å². The Kier molecular flexibility index (Phi) is 7.65. The molecule has 0 unspecified atom stereocenters. The Morgan fingerprint density at radius 3 is 2.69 bits per heavy atom. The van der Waals surface area contributed by atoms with E-state index in [-0.39, 0.29) is 24.6 Å². The van der Waals surface area contributed by atoms with Crippen LogP contribution in [0.4, 0.5) is 16.6 Å². The van der Waals surface area contributed by atoms with E-state index >= 15 is 0 Å². The number of aromatic nitrogens is 2. The second-order valence-electron chi connectivity index (χ2n) is 9.12. The van der Waals surface area contributed by atoms with Crippen molar-refractivity contribution in [2.24, 2.45) is 0 Å². The molecule has 2 aromatic rings. The van der Waals surface area contributed by atoms with Gasteiger partial charge in [0, 0.05) is 38.4 Å². The summed E-state index contributed by atoms with van der Waals surface area (Å²) in [5, 5.41) is 3.35. The maximum Gasteiger partial charge on any atom is 0.415 e. The molecule has 9 nitrogen and oxygen atoms in total. The van der Waals surface area contributed by atoms with Gasteiger partial charge in [0.1, 0.15) is 12.4 Å². The van der Waals surface area contributed by atoms with Gasteiger partial charge in [-0.05, 0) is 50.9 Å². The highest BCUT2D eigenvalue weighted by atomic mass is 16.6. The van der Waals surface area contributed by atoms with E-state index < -0.39 is 0 Å². The molecule has 2 aliphatic heterocycles. The van der Waals surface area contributed by atoms with Crippen molar-refractivity contribution in [3.8, 4) is 0 Å². The standard InChI is InChI=1S/C26H34N6O3/c1-5-23(33)31-13-11-22(12-14-31)30(4)16-19-7-9-20(10-8-19)18(3)28-25-27-15-21-17-35-26(34)32(6-2)24(21)29-25/h5,7-10,15,18,22H,1,6,11-14,16-17H2,2-4H3,(H,27,28,29)/t18-/m0/s1. The summed E-state index contributed by atoms with van der Waals surface area (Å²) in [5.74, 6) is 1.11. The van der Waals surface area contributed by atoms with E-state index in [9.17, 15) is 9.59 Å². The van der Waals surface area contributed by atoms with Crippen molar-refractivity contribution in [3.63, 3.8) is 0 Å². The molecule has 1 fully saturated rings. The smallest absolute Gasteiger partial charge is 0.415 e. The molecule has 35 heavy (non-hydrogen) atoms. The molecule has 1 aromatic carbocycles. The number of amides is 2. The van der Waals surface area contributed by atoms with Crippen LogP contribution in [0, 0.1) is 0 Å². The van der Waals surface area contributed by atoms with Crippen LogP contribution in [0.25, 0.3) is 0 Å². The Hall–Kier alpha value is -3.46. The van der Waals surface area contributed by atoms with E-state index in [0.717, 1.165) is 43.6 Å². The number of hydrogen-bond acceptors (Lipinski definition) is 7. The fourth-order valence-corrected chi connectivity index (χ4v) is 4.65. The minimum atomic E-state index is -0.380. The Morgan fingerprint density at radius 1 is 1.31 bits per heavy atom. The highest BCUT2D eigenvalue weighted by molar-refractivity contribution is 5.89. The van der Waals surface area contributed by atoms with Gasteiger partial charge in [-0.3, -0.25) is 14.6 Å². The number of likely N-dealkylation sites (tertiary alicyclic amines) is 1. The molecule has 0 radical (unpaired) electrons. The fraction of sp³-hybridized carbons (Fsp3) is 0.462. The highest BCUT2D eigenvalue weighted by Gasteiger charge is 2.27. The van der Waals surface area contributed by atoms with Gasteiger partial charge in [0.15, 0.2) is 0 Å². The van der Waals surface area contributed by atoms with Gasteiger partial charge < -0.3 is 15.0 Å². The maximum absolute atomic E-state index is 12.0. The van der Waals surface area contributed by atoms with Gasteiger partial charge in [0.2, 0.25) is 11.9 Å². The van der Waals surface area contributed by atoms with Crippen LogP contribution in [0.2, 0.25) is 0 Å². The first-order valence-corrected chi connectivity index (χ1v) is 12.2. The highest BCUT2D eigenvalue weighted by Crippen LogP contribution is 2.27. The molecular weight excluding hydrogens is 444 g/mol. The summed E-state index contributed by atoms with van der Waals surface area (Å²) in [7, 11) is 2.15. The first-order valence-electron chi connectivity index (χ1n) is 12.2. The molecule has 0 saturated carbocycles. The molecule has 4 rings (SSSR count). The minimum Gasteiger partial charge on any atom is -0.444 e. The summed E-state index contributed by atoms with van der Waals surface area (Å²) < 4.78 is 5.16. The molecule has 0 bridgehead atoms. The monoisotopic (exact) mass is 478 g/mol. The summed E-state index contributed by atoms with van der Waals surface area (Å²) in [6.45, 7) is 10.6. The van der Waals surface area contributed by atoms with Crippen LogP contribution in [-0.4, -0.2) is 64.5 Å². The summed E-state index contributed by atoms with van der Waals surface area (Å²) in [5.41, 5.74) is 3.17. The van der Waals surface area contributed by atoms with Crippen LogP contribution >= 0.6 is 0 Å². The second kappa shape index (κ2) is 10.9. The van der Waals surface area contributed by atoms with Gasteiger partial charge in [0.05, 0.1) is 11.6 Å². The van der Waals surface area contributed by atoms with Gasteiger partial charge in [-0.2, -0.15) is 4.98 Å². The van der Waals surface area contributed by atoms with E-state index in [2.05, 4.69) is 65.0 Å². The number of carbonyl (C=O) groups is 2. The number of cyclic esters (lactones) is 1. The molecule has 3 heterocycles. The summed E-state index contributed by atoms with van der Waals surface area (Å²) >= 11 is 0. The second-order valence-corrected chi connectivity index (χ2v) is 9.12. The molecular formula is C26H34N6O3. The third-order valence-electron chi connectivity index (χ3n) is 6.82. The lowest BCUT2D eigenvalue weighted by atomic mass is 10.0. The Labute approximate surface area is 206 Å². The lowest BCUT2D eigenvalue weighted by Crippen LogP contribution is -2.44. The number of ether oxygens (including phenoxy) is 1. The average Bonchev–Trinajstić information content (AvgIpc) is 2.88. The third-order valence-corrected chi connectivity index (χ3v) is 6.82. The summed E-state index contributed by atoms with van der Waals surface area (Å²) in [6, 6.07) is 9.02. The SMILES string of the molecule is C=CC(=O)N1CCC(N(C)Cc2ccc([C@H](C)Nc3ncc4c(n3)N(CC)C(=O)OC4)cc2)CC1. The van der Waals surface area contributed by atoms with Gasteiger partial charge in [-0.1, -0.05) is 30.8 Å². The molecule has 0 spiro atoms. The Bertz CT molecular complexity index is 1070. The van der Waals surface area contributed by atoms with Crippen LogP contribution in [-0.2, 0) is 22.7 Å². The summed E-state index contributed by atoms with van der Waals surface area (Å²) in [6.07, 6.45) is 4.68. The number of nitrogens with zero attached hydrogens (tertiary/aromatic N) is 5. The Balaban J connectivity index is 1.33. The van der Waals surface area contributed by atoms with Crippen molar-refractivity contribution in [3.05, 3.63) is 59.8 Å². The topological polar surface area (TPSA) is 90.9 Å². The lowest BCUT2D eigenvalue weighted by Gasteiger charge is -2.36. The van der Waals surface area contributed by atoms with E-state index in [1.165, 1.54) is 16.5 Å². The van der Waals surface area contributed by atoms with Crippen LogP contribution in [0.3, 0.4) is 0 Å². The first kappa shape index (κ1) is 24.7. The largest absolute Gasteiger partial charge is 0.444 e. The predicted molar refractivity (Wildman–Crippen MR) is 135 cm³/mol. The molecule has 2 aliphatic rings. The zero-order chi connectivity index (χ0) is 24.9. The van der Waals surface area contributed by atoms with Crippen LogP contribution in [0.15, 0.2) is 43.1 Å². The number of benzene rings is 1. The zero-order valence-electron chi connectivity index (χ0n) is 20.7. The van der Waals surface area contributed by atoms with Crippen LogP contribution in [0.1, 0.15) is 49.4 Å². The summed E-state index contributed by atoms with van der Waals surface area (Å²) in [4.78, 5) is 38.6. The molecule has 1 N–H and O–H groups in total. The molecule has 2 amide bonds. The number of nitrogens with one attached hydrogen (secondary N) is 1. The number of anilines is 2. The fourth-order valence-electron chi connectivity index (χ4n) is 4.65. The van der Waals surface area contributed by atoms with Crippen molar-refractivity contribution in [2.75, 3.05) is 36.9 Å². The quantitative estimate of drug-likeness (QED) is 0.578.